The zero-order valence-corrected chi connectivity index (χ0v) is 14.7. The molecule has 1 heterocycles. The van der Waals surface area contributed by atoms with Gasteiger partial charge in [0.15, 0.2) is 0 Å². The van der Waals surface area contributed by atoms with Crippen LogP contribution < -0.4 is 10.2 Å². The van der Waals surface area contributed by atoms with E-state index in [2.05, 4.69) is 15.5 Å². The first kappa shape index (κ1) is 17.6. The molecule has 0 saturated carbocycles. The van der Waals surface area contributed by atoms with E-state index in [0.717, 1.165) is 28.0 Å². The smallest absolute Gasteiger partial charge is 0.146 e. The maximum atomic E-state index is 13.0. The van der Waals surface area contributed by atoms with Gasteiger partial charge in [0.05, 0.1) is 6.21 Å². The van der Waals surface area contributed by atoms with Gasteiger partial charge in [-0.15, -0.1) is 0 Å². The first-order valence-electron chi connectivity index (χ1n) is 8.30. The summed E-state index contributed by atoms with van der Waals surface area (Å²) in [6, 6.07) is 15.9. The molecule has 0 bridgehead atoms. The van der Waals surface area contributed by atoms with Crippen LogP contribution in [0.25, 0.3) is 0 Å². The van der Waals surface area contributed by atoms with Crippen molar-refractivity contribution < 1.29 is 9.13 Å². The average Bonchev–Trinajstić information content (AvgIpc) is 2.63. The summed E-state index contributed by atoms with van der Waals surface area (Å²) < 4.78 is 18.9. The lowest BCUT2D eigenvalue weighted by Crippen LogP contribution is -2.00. The maximum absolute atomic E-state index is 13.0. The highest BCUT2D eigenvalue weighted by Crippen LogP contribution is 2.25. The molecule has 2 aromatic carbocycles. The lowest BCUT2D eigenvalue weighted by molar-refractivity contribution is 0.302. The van der Waals surface area contributed by atoms with Crippen molar-refractivity contribution in [1.29, 1.82) is 0 Å². The van der Waals surface area contributed by atoms with Crippen LogP contribution >= 0.6 is 0 Å². The van der Waals surface area contributed by atoms with E-state index >= 15 is 0 Å². The third-order valence-electron chi connectivity index (χ3n) is 3.84. The third kappa shape index (κ3) is 4.66. The third-order valence-corrected chi connectivity index (χ3v) is 3.84. The Balaban J connectivity index is 1.66. The molecule has 1 N–H and O–H groups in total. The summed E-state index contributed by atoms with van der Waals surface area (Å²) in [4.78, 5) is 4.15. The number of aryl methyl sites for hydroxylation is 2. The van der Waals surface area contributed by atoms with Gasteiger partial charge in [0.1, 0.15) is 24.0 Å². The minimum atomic E-state index is -0.246. The number of hydrogen-bond acceptors (Lipinski definition) is 4. The molecule has 5 heteroatoms. The Morgan fingerprint density at radius 3 is 2.46 bits per heavy atom. The molecule has 0 aliphatic rings. The predicted octanol–water partition coefficient (Wildman–Crippen LogP) is 4.86. The number of rotatable bonds is 6. The van der Waals surface area contributed by atoms with Crippen molar-refractivity contribution >= 4 is 12.0 Å². The van der Waals surface area contributed by atoms with Gasteiger partial charge in [0, 0.05) is 6.20 Å². The van der Waals surface area contributed by atoms with Crippen LogP contribution in [0.4, 0.5) is 10.2 Å². The number of pyridine rings is 1. The number of hydrazone groups is 1. The molecule has 1 aromatic heterocycles. The standard InChI is InChI=1S/C21H20FN3O/c1-15-11-18(13-24-25-20-5-3-4-10-23-20)12-16(2)21(15)26-14-17-6-8-19(22)9-7-17/h3-13H,14H2,1-2H3,(H,23,25)/b24-13+. The second-order valence-electron chi connectivity index (χ2n) is 5.98. The van der Waals surface area contributed by atoms with E-state index < -0.39 is 0 Å². The molecule has 0 aliphatic heterocycles. The molecule has 3 aromatic rings. The highest BCUT2D eigenvalue weighted by atomic mass is 19.1. The molecule has 26 heavy (non-hydrogen) atoms. The van der Waals surface area contributed by atoms with Crippen LogP contribution in [0.5, 0.6) is 5.75 Å². The number of halogens is 1. The van der Waals surface area contributed by atoms with E-state index in [9.17, 15) is 4.39 Å². The molecule has 3 rings (SSSR count). The van der Waals surface area contributed by atoms with E-state index in [0.29, 0.717) is 12.4 Å². The minimum Gasteiger partial charge on any atom is -0.488 e. The molecule has 0 spiro atoms. The Hall–Kier alpha value is -3.21. The van der Waals surface area contributed by atoms with Crippen molar-refractivity contribution in [3.63, 3.8) is 0 Å². The zero-order chi connectivity index (χ0) is 18.4. The molecule has 132 valence electrons. The number of nitrogens with zero attached hydrogens (tertiary/aromatic N) is 2. The second-order valence-corrected chi connectivity index (χ2v) is 5.98. The molecule has 0 amide bonds. The number of anilines is 1. The van der Waals surface area contributed by atoms with E-state index in [1.807, 2.05) is 44.2 Å². The van der Waals surface area contributed by atoms with Gasteiger partial charge in [-0.3, -0.25) is 5.43 Å². The number of nitrogens with one attached hydrogen (secondary N) is 1. The fourth-order valence-electron chi connectivity index (χ4n) is 2.62. The Morgan fingerprint density at radius 1 is 1.08 bits per heavy atom. The highest BCUT2D eigenvalue weighted by Gasteiger charge is 2.06. The van der Waals surface area contributed by atoms with Gasteiger partial charge in [-0.2, -0.15) is 5.10 Å². The minimum absolute atomic E-state index is 0.246. The number of aromatic nitrogens is 1. The largest absolute Gasteiger partial charge is 0.488 e. The van der Waals surface area contributed by atoms with E-state index in [1.165, 1.54) is 12.1 Å². The number of ether oxygens (including phenoxy) is 1. The zero-order valence-electron chi connectivity index (χ0n) is 14.7. The average molecular weight is 349 g/mol. The summed E-state index contributed by atoms with van der Waals surface area (Å²) in [6.45, 7) is 4.39. The van der Waals surface area contributed by atoms with Gasteiger partial charge in [-0.25, -0.2) is 9.37 Å². The number of benzene rings is 2. The Kier molecular flexibility index (Phi) is 5.59. The summed E-state index contributed by atoms with van der Waals surface area (Å²) in [5.74, 6) is 1.28. The molecule has 0 saturated heterocycles. The van der Waals surface area contributed by atoms with E-state index in [-0.39, 0.29) is 5.82 Å². The summed E-state index contributed by atoms with van der Waals surface area (Å²) in [7, 11) is 0. The Morgan fingerprint density at radius 2 is 1.81 bits per heavy atom. The lowest BCUT2D eigenvalue weighted by atomic mass is 10.1. The highest BCUT2D eigenvalue weighted by molar-refractivity contribution is 5.81. The summed E-state index contributed by atoms with van der Waals surface area (Å²) >= 11 is 0. The first-order valence-corrected chi connectivity index (χ1v) is 8.30. The Labute approximate surface area is 152 Å². The fourth-order valence-corrected chi connectivity index (χ4v) is 2.62. The van der Waals surface area contributed by atoms with Crippen LogP contribution in [-0.2, 0) is 6.61 Å². The molecule has 0 fully saturated rings. The van der Waals surface area contributed by atoms with Gasteiger partial charge in [-0.05, 0) is 72.5 Å². The van der Waals surface area contributed by atoms with Crippen LogP contribution in [0.1, 0.15) is 22.3 Å². The normalized spacial score (nSPS) is 10.9. The van der Waals surface area contributed by atoms with Crippen molar-refractivity contribution in [2.24, 2.45) is 5.10 Å². The monoisotopic (exact) mass is 349 g/mol. The number of hydrogen-bond donors (Lipinski definition) is 1. The molecule has 0 atom stereocenters. The van der Waals surface area contributed by atoms with Gasteiger partial charge in [-0.1, -0.05) is 18.2 Å². The molecular weight excluding hydrogens is 329 g/mol. The quantitative estimate of drug-likeness (QED) is 0.510. The van der Waals surface area contributed by atoms with Crippen molar-refractivity contribution in [3.8, 4) is 5.75 Å². The second kappa shape index (κ2) is 8.25. The summed E-state index contributed by atoms with van der Waals surface area (Å²) in [5.41, 5.74) is 6.83. The van der Waals surface area contributed by atoms with E-state index in [1.54, 1.807) is 24.5 Å². The molecule has 0 radical (unpaired) electrons. The van der Waals surface area contributed by atoms with Crippen molar-refractivity contribution in [1.82, 2.24) is 4.98 Å². The van der Waals surface area contributed by atoms with Crippen LogP contribution in [-0.4, -0.2) is 11.2 Å². The fraction of sp³-hybridized carbons (Fsp3) is 0.143. The first-order chi connectivity index (χ1) is 12.6. The summed E-state index contributed by atoms with van der Waals surface area (Å²) in [6.07, 6.45) is 3.46. The molecule has 0 aliphatic carbocycles. The lowest BCUT2D eigenvalue weighted by Gasteiger charge is -2.13. The van der Waals surface area contributed by atoms with Crippen LogP contribution in [0.15, 0.2) is 65.9 Å². The predicted molar refractivity (Wildman–Crippen MR) is 102 cm³/mol. The van der Waals surface area contributed by atoms with Crippen molar-refractivity contribution in [3.05, 3.63) is 88.9 Å². The molecule has 4 nitrogen and oxygen atoms in total. The van der Waals surface area contributed by atoms with Crippen molar-refractivity contribution in [2.45, 2.75) is 20.5 Å². The van der Waals surface area contributed by atoms with Gasteiger partial charge in [0.25, 0.3) is 0 Å². The summed E-state index contributed by atoms with van der Waals surface area (Å²) in [5, 5.41) is 4.21. The van der Waals surface area contributed by atoms with E-state index in [4.69, 9.17) is 4.74 Å². The van der Waals surface area contributed by atoms with Gasteiger partial charge >= 0.3 is 0 Å². The SMILES string of the molecule is Cc1cc(/C=N/Nc2ccccn2)cc(C)c1OCc1ccc(F)cc1. The van der Waals surface area contributed by atoms with Gasteiger partial charge in [0.2, 0.25) is 0 Å². The topological polar surface area (TPSA) is 46.5 Å². The Bertz CT molecular complexity index is 870. The van der Waals surface area contributed by atoms with Gasteiger partial charge < -0.3 is 4.74 Å². The molecule has 0 unspecified atom stereocenters. The van der Waals surface area contributed by atoms with Crippen LogP contribution in [0.2, 0.25) is 0 Å². The van der Waals surface area contributed by atoms with Crippen molar-refractivity contribution in [2.75, 3.05) is 5.43 Å². The maximum Gasteiger partial charge on any atom is 0.146 e. The van der Waals surface area contributed by atoms with Crippen LogP contribution in [0.3, 0.4) is 0 Å². The van der Waals surface area contributed by atoms with Crippen LogP contribution in [0, 0.1) is 19.7 Å². The molecular formula is C21H20FN3O.